The maximum Gasteiger partial charge on any atom is 0.241 e. The molecule has 2 rings (SSSR count). The normalized spacial score (nSPS) is 19.7. The smallest absolute Gasteiger partial charge is 0.241 e. The molecular weight excluding hydrogens is 228 g/mol. The number of amides is 1. The van der Waals surface area contributed by atoms with E-state index in [0.717, 1.165) is 12.8 Å². The van der Waals surface area contributed by atoms with E-state index in [1.807, 2.05) is 0 Å². The van der Waals surface area contributed by atoms with Crippen molar-refractivity contribution in [3.05, 3.63) is 12.3 Å². The van der Waals surface area contributed by atoms with Gasteiger partial charge in [0, 0.05) is 12.2 Å². The van der Waals surface area contributed by atoms with Crippen molar-refractivity contribution in [3.8, 4) is 0 Å². The van der Waals surface area contributed by atoms with E-state index in [4.69, 9.17) is 5.73 Å². The van der Waals surface area contributed by atoms with Crippen LogP contribution in [0, 0.1) is 5.41 Å². The first-order chi connectivity index (χ1) is 8.44. The topological polar surface area (TPSA) is 72.9 Å². The summed E-state index contributed by atoms with van der Waals surface area (Å²) in [6.45, 7) is 4.83. The van der Waals surface area contributed by atoms with Gasteiger partial charge < -0.3 is 11.1 Å². The van der Waals surface area contributed by atoms with Crippen molar-refractivity contribution in [2.24, 2.45) is 5.41 Å². The monoisotopic (exact) mass is 250 g/mol. The molecule has 5 nitrogen and oxygen atoms in total. The third-order valence-electron chi connectivity index (χ3n) is 3.67. The van der Waals surface area contributed by atoms with E-state index >= 15 is 0 Å². The Bertz CT molecular complexity index is 414. The van der Waals surface area contributed by atoms with Gasteiger partial charge in [-0.05, 0) is 37.2 Å². The fraction of sp³-hybridized carbons (Fsp3) is 0.692. The maximum atomic E-state index is 11.8. The summed E-state index contributed by atoms with van der Waals surface area (Å²) in [6.07, 6.45) is 6.21. The second-order valence-corrected chi connectivity index (χ2v) is 5.94. The summed E-state index contributed by atoms with van der Waals surface area (Å²) < 4.78 is 1.57. The van der Waals surface area contributed by atoms with Gasteiger partial charge in [-0.1, -0.05) is 13.8 Å². The SMILES string of the molecule is CC1(C)CCC(NC(=O)Cn2ccc(N)n2)CC1. The summed E-state index contributed by atoms with van der Waals surface area (Å²) in [4.78, 5) is 11.8. The number of nitrogen functional groups attached to an aromatic ring is 1. The molecule has 1 amide bonds. The summed E-state index contributed by atoms with van der Waals surface area (Å²) in [5.74, 6) is 0.463. The minimum Gasteiger partial charge on any atom is -0.382 e. The van der Waals surface area contributed by atoms with Crippen molar-refractivity contribution in [2.75, 3.05) is 5.73 Å². The van der Waals surface area contributed by atoms with Crippen LogP contribution in [-0.2, 0) is 11.3 Å². The minimum absolute atomic E-state index is 0.0165. The van der Waals surface area contributed by atoms with Gasteiger partial charge in [0.2, 0.25) is 5.91 Å². The largest absolute Gasteiger partial charge is 0.382 e. The molecule has 1 saturated carbocycles. The fourth-order valence-electron chi connectivity index (χ4n) is 2.43. The van der Waals surface area contributed by atoms with E-state index in [1.165, 1.54) is 12.8 Å². The van der Waals surface area contributed by atoms with Crippen molar-refractivity contribution in [1.29, 1.82) is 0 Å². The first-order valence-corrected chi connectivity index (χ1v) is 6.53. The van der Waals surface area contributed by atoms with Crippen molar-refractivity contribution in [2.45, 2.75) is 52.1 Å². The van der Waals surface area contributed by atoms with Gasteiger partial charge in [0.05, 0.1) is 0 Å². The van der Waals surface area contributed by atoms with Gasteiger partial charge in [0.15, 0.2) is 0 Å². The van der Waals surface area contributed by atoms with Crippen LogP contribution < -0.4 is 11.1 Å². The molecular formula is C13H22N4O. The van der Waals surface area contributed by atoms with E-state index in [-0.39, 0.29) is 12.5 Å². The number of hydrogen-bond donors (Lipinski definition) is 2. The summed E-state index contributed by atoms with van der Waals surface area (Å²) in [6, 6.07) is 2.01. The van der Waals surface area contributed by atoms with E-state index in [9.17, 15) is 4.79 Å². The Balaban J connectivity index is 1.78. The Morgan fingerprint density at radius 3 is 2.78 bits per heavy atom. The highest BCUT2D eigenvalue weighted by Crippen LogP contribution is 2.34. The molecule has 0 spiro atoms. The first kappa shape index (κ1) is 12.9. The van der Waals surface area contributed by atoms with E-state index in [1.54, 1.807) is 16.9 Å². The average molecular weight is 250 g/mol. The van der Waals surface area contributed by atoms with Crippen molar-refractivity contribution >= 4 is 11.7 Å². The minimum atomic E-state index is 0.0165. The Labute approximate surface area is 108 Å². The molecule has 0 bridgehead atoms. The molecule has 3 N–H and O–H groups in total. The summed E-state index contributed by atoms with van der Waals surface area (Å²) in [5.41, 5.74) is 5.93. The fourth-order valence-corrected chi connectivity index (χ4v) is 2.43. The van der Waals surface area contributed by atoms with Crippen LogP contribution in [-0.4, -0.2) is 21.7 Å². The Hall–Kier alpha value is -1.52. The molecule has 0 atom stereocenters. The number of rotatable bonds is 3. The molecule has 1 aromatic rings. The van der Waals surface area contributed by atoms with Crippen molar-refractivity contribution in [1.82, 2.24) is 15.1 Å². The number of hydrogen-bond acceptors (Lipinski definition) is 3. The van der Waals surface area contributed by atoms with Crippen LogP contribution >= 0.6 is 0 Å². The number of aromatic nitrogens is 2. The lowest BCUT2D eigenvalue weighted by Crippen LogP contribution is -2.40. The third-order valence-corrected chi connectivity index (χ3v) is 3.67. The van der Waals surface area contributed by atoms with Crippen molar-refractivity contribution < 1.29 is 4.79 Å². The second kappa shape index (κ2) is 5.00. The van der Waals surface area contributed by atoms with Gasteiger partial charge >= 0.3 is 0 Å². The maximum absolute atomic E-state index is 11.8. The summed E-state index contributed by atoms with van der Waals surface area (Å²) in [5, 5.41) is 7.07. The molecule has 100 valence electrons. The van der Waals surface area contributed by atoms with Gasteiger partial charge in [-0.2, -0.15) is 5.10 Å². The number of carbonyl (C=O) groups is 1. The van der Waals surface area contributed by atoms with Crippen LogP contribution in [0.3, 0.4) is 0 Å². The number of anilines is 1. The van der Waals surface area contributed by atoms with Crippen molar-refractivity contribution in [3.63, 3.8) is 0 Å². The number of nitrogens with zero attached hydrogens (tertiary/aromatic N) is 2. The van der Waals surface area contributed by atoms with Crippen LogP contribution in [0.1, 0.15) is 39.5 Å². The molecule has 0 aliphatic heterocycles. The Morgan fingerprint density at radius 2 is 2.22 bits per heavy atom. The summed E-state index contributed by atoms with van der Waals surface area (Å²) in [7, 11) is 0. The zero-order chi connectivity index (χ0) is 13.2. The van der Waals surface area contributed by atoms with Gasteiger partial charge in [-0.25, -0.2) is 0 Å². The zero-order valence-corrected chi connectivity index (χ0v) is 11.1. The van der Waals surface area contributed by atoms with Crippen LogP contribution in [0.25, 0.3) is 0 Å². The lowest BCUT2D eigenvalue weighted by Gasteiger charge is -2.34. The highest BCUT2D eigenvalue weighted by atomic mass is 16.2. The summed E-state index contributed by atoms with van der Waals surface area (Å²) >= 11 is 0. The molecule has 0 unspecified atom stereocenters. The standard InChI is InChI=1S/C13H22N4O/c1-13(2)6-3-10(4-7-13)15-12(18)9-17-8-5-11(14)16-17/h5,8,10H,3-4,6-7,9H2,1-2H3,(H2,14,16)(H,15,18). The van der Waals surface area contributed by atoms with Crippen LogP contribution in [0.2, 0.25) is 0 Å². The zero-order valence-electron chi connectivity index (χ0n) is 11.1. The average Bonchev–Trinajstić information content (AvgIpc) is 2.67. The number of nitrogens with one attached hydrogen (secondary N) is 1. The molecule has 18 heavy (non-hydrogen) atoms. The number of nitrogens with two attached hydrogens (primary N) is 1. The third kappa shape index (κ3) is 3.48. The van der Waals surface area contributed by atoms with Gasteiger partial charge in [-0.3, -0.25) is 9.48 Å². The van der Waals surface area contributed by atoms with Crippen LogP contribution in [0.4, 0.5) is 5.82 Å². The van der Waals surface area contributed by atoms with E-state index < -0.39 is 0 Å². The molecule has 1 heterocycles. The molecule has 1 aromatic heterocycles. The lowest BCUT2D eigenvalue weighted by atomic mass is 9.75. The molecule has 0 radical (unpaired) electrons. The quantitative estimate of drug-likeness (QED) is 0.855. The lowest BCUT2D eigenvalue weighted by molar-refractivity contribution is -0.122. The molecule has 0 aromatic carbocycles. The molecule has 1 aliphatic rings. The highest BCUT2D eigenvalue weighted by Gasteiger charge is 2.27. The molecule has 0 saturated heterocycles. The molecule has 1 fully saturated rings. The molecule has 1 aliphatic carbocycles. The first-order valence-electron chi connectivity index (χ1n) is 6.53. The number of carbonyl (C=O) groups excluding carboxylic acids is 1. The predicted octanol–water partition coefficient (Wildman–Crippen LogP) is 1.55. The molecule has 5 heteroatoms. The van der Waals surface area contributed by atoms with Gasteiger partial charge in [-0.15, -0.1) is 0 Å². The van der Waals surface area contributed by atoms with E-state index in [0.29, 0.717) is 17.3 Å². The van der Waals surface area contributed by atoms with Crippen LogP contribution in [0.5, 0.6) is 0 Å². The van der Waals surface area contributed by atoms with Crippen LogP contribution in [0.15, 0.2) is 12.3 Å². The Kier molecular flexibility index (Phi) is 3.59. The van der Waals surface area contributed by atoms with E-state index in [2.05, 4.69) is 24.3 Å². The van der Waals surface area contributed by atoms with Gasteiger partial charge in [0.1, 0.15) is 12.4 Å². The predicted molar refractivity (Wildman–Crippen MR) is 70.8 cm³/mol. The Morgan fingerprint density at radius 1 is 1.56 bits per heavy atom. The highest BCUT2D eigenvalue weighted by molar-refractivity contribution is 5.76. The van der Waals surface area contributed by atoms with Gasteiger partial charge in [0.25, 0.3) is 0 Å². The second-order valence-electron chi connectivity index (χ2n) is 5.94.